The minimum Gasteiger partial charge on any atom is -0.268 e. The van der Waals surface area contributed by atoms with E-state index in [2.05, 4.69) is 31.2 Å². The second kappa shape index (κ2) is 14.8. The first kappa shape index (κ1) is 33.5. The Bertz CT molecular complexity index is 2290. The summed E-state index contributed by atoms with van der Waals surface area (Å²) in [4.78, 5) is 25.3. The Labute approximate surface area is 294 Å². The largest absolute Gasteiger partial charge is 0.268 e. The topological polar surface area (TPSA) is 120 Å². The summed E-state index contributed by atoms with van der Waals surface area (Å²) in [6.07, 6.45) is 7.33. The lowest BCUT2D eigenvalue weighted by atomic mass is 9.77. The van der Waals surface area contributed by atoms with Gasteiger partial charge in [0.25, 0.3) is 5.56 Å². The number of hydrogen-bond acceptors (Lipinski definition) is 7. The number of nitrogens with zero attached hydrogens (tertiary/aromatic N) is 9. The van der Waals surface area contributed by atoms with Crippen molar-refractivity contribution in [2.75, 3.05) is 0 Å². The summed E-state index contributed by atoms with van der Waals surface area (Å²) in [6, 6.07) is 28.7. The summed E-state index contributed by atoms with van der Waals surface area (Å²) in [5.74, 6) is -0.362. The minimum atomic E-state index is -0.658. The van der Waals surface area contributed by atoms with Crippen LogP contribution >= 0.6 is 34.8 Å². The van der Waals surface area contributed by atoms with Gasteiger partial charge >= 0.3 is 0 Å². The summed E-state index contributed by atoms with van der Waals surface area (Å²) in [7, 11) is 0. The third kappa shape index (κ3) is 7.52. The van der Waals surface area contributed by atoms with Gasteiger partial charge < -0.3 is 0 Å². The van der Waals surface area contributed by atoms with Gasteiger partial charge in [0, 0.05) is 10.0 Å². The average molecular weight is 713 g/mol. The van der Waals surface area contributed by atoms with E-state index < -0.39 is 16.8 Å². The van der Waals surface area contributed by atoms with Crippen LogP contribution in [0.4, 0.5) is 4.39 Å². The van der Waals surface area contributed by atoms with Gasteiger partial charge in [-0.15, -0.1) is 0 Å². The van der Waals surface area contributed by atoms with Gasteiger partial charge in [0.15, 0.2) is 0 Å². The monoisotopic (exact) mass is 711 g/mol. The third-order valence-electron chi connectivity index (χ3n) is 7.78. The molecule has 7 rings (SSSR count). The fourth-order valence-electron chi connectivity index (χ4n) is 5.32. The van der Waals surface area contributed by atoms with Crippen LogP contribution < -0.4 is 5.56 Å². The molecule has 0 saturated heterocycles. The van der Waals surface area contributed by atoms with E-state index in [-0.39, 0.29) is 16.4 Å². The zero-order chi connectivity index (χ0) is 34.4. The van der Waals surface area contributed by atoms with Crippen molar-refractivity contribution < 1.29 is 4.39 Å². The van der Waals surface area contributed by atoms with E-state index in [0.29, 0.717) is 29.2 Å². The summed E-state index contributed by atoms with van der Waals surface area (Å²) in [6.45, 7) is 0.473. The molecule has 1 unspecified atom stereocenters. The Morgan fingerprint density at radius 2 is 1.57 bits per heavy atom. The second-order valence-corrected chi connectivity index (χ2v) is 12.2. The van der Waals surface area contributed by atoms with Crippen LogP contribution in [-0.4, -0.2) is 39.1 Å². The van der Waals surface area contributed by atoms with Crippen molar-refractivity contribution in [3.8, 4) is 17.7 Å². The highest BCUT2D eigenvalue weighted by atomic mass is 35.5. The Morgan fingerprint density at radius 1 is 0.837 bits per heavy atom. The van der Waals surface area contributed by atoms with E-state index in [0.717, 1.165) is 28.6 Å². The second-order valence-electron chi connectivity index (χ2n) is 10.9. The number of fused-ring (bicyclic) bond motifs is 1. The Balaban J connectivity index is 0.000000170. The van der Waals surface area contributed by atoms with Crippen LogP contribution in [0.1, 0.15) is 17.5 Å². The summed E-state index contributed by atoms with van der Waals surface area (Å²) < 4.78 is 17.9. The van der Waals surface area contributed by atoms with Gasteiger partial charge in [-0.05, 0) is 72.5 Å². The molecule has 0 aliphatic heterocycles. The van der Waals surface area contributed by atoms with E-state index in [1.165, 1.54) is 46.4 Å². The normalized spacial score (nSPS) is 12.1. The molecule has 7 aromatic rings. The first-order valence-electron chi connectivity index (χ1n) is 14.8. The molecule has 0 bridgehead atoms. The maximum absolute atomic E-state index is 13.6. The molecule has 0 saturated carbocycles. The molecule has 0 aliphatic carbocycles. The molecule has 10 nitrogen and oxygen atoms in total. The van der Waals surface area contributed by atoms with Crippen LogP contribution in [0.15, 0.2) is 121 Å². The zero-order valence-electron chi connectivity index (χ0n) is 25.5. The molecule has 14 heteroatoms. The number of nitriles is 1. The Hall–Kier alpha value is -5.41. The molecule has 0 fully saturated rings. The van der Waals surface area contributed by atoms with Gasteiger partial charge in [0.1, 0.15) is 36.5 Å². The molecule has 1 atom stereocenters. The van der Waals surface area contributed by atoms with E-state index in [1.807, 2.05) is 54.6 Å². The molecular weight excluding hydrogens is 688 g/mol. The van der Waals surface area contributed by atoms with Crippen LogP contribution in [0.3, 0.4) is 0 Å². The fourth-order valence-corrected chi connectivity index (χ4v) is 5.94. The zero-order valence-corrected chi connectivity index (χ0v) is 27.8. The molecule has 244 valence electrons. The first-order valence-corrected chi connectivity index (χ1v) is 16.0. The van der Waals surface area contributed by atoms with Crippen molar-refractivity contribution in [1.29, 1.82) is 5.26 Å². The van der Waals surface area contributed by atoms with Gasteiger partial charge in [-0.3, -0.25) is 9.48 Å². The molecule has 0 N–H and O–H groups in total. The summed E-state index contributed by atoms with van der Waals surface area (Å²) in [5, 5.41) is 19.7. The van der Waals surface area contributed by atoms with Gasteiger partial charge in [-0.25, -0.2) is 23.9 Å². The molecule has 3 aromatic heterocycles. The number of hydrogen-bond donors (Lipinski definition) is 0. The van der Waals surface area contributed by atoms with Crippen molar-refractivity contribution in [1.82, 2.24) is 39.1 Å². The molecule has 4 aromatic carbocycles. The lowest BCUT2D eigenvalue weighted by Crippen LogP contribution is -2.31. The quantitative estimate of drug-likeness (QED) is 0.161. The summed E-state index contributed by atoms with van der Waals surface area (Å²) in [5.41, 5.74) is 1.69. The molecule has 0 radical (unpaired) electrons. The fraction of sp³-hybridized carbons (Fsp3) is 0.114. The predicted molar refractivity (Wildman–Crippen MR) is 186 cm³/mol. The maximum Gasteiger partial charge on any atom is 0.267 e. The van der Waals surface area contributed by atoms with Gasteiger partial charge in [-0.1, -0.05) is 77.3 Å². The highest BCUT2D eigenvalue weighted by Crippen LogP contribution is 2.31. The molecule has 0 spiro atoms. The molecule has 3 heterocycles. The highest BCUT2D eigenvalue weighted by molar-refractivity contribution is 6.35. The molecule has 0 aliphatic rings. The van der Waals surface area contributed by atoms with Gasteiger partial charge in [0.2, 0.25) is 5.95 Å². The van der Waals surface area contributed by atoms with E-state index in [4.69, 9.17) is 34.8 Å². The van der Waals surface area contributed by atoms with E-state index in [1.54, 1.807) is 23.1 Å². The SMILES string of the molecule is N#CC(CCc1ccc(Cl)cc1)(Cn1cncn1)c1ccccc1.O=c1c2cc(F)ccc2nc(-n2cncn2)n1-c1ccc(Cl)cc1Cl. The van der Waals surface area contributed by atoms with E-state index in [9.17, 15) is 14.4 Å². The van der Waals surface area contributed by atoms with Gasteiger partial charge in [-0.2, -0.15) is 20.1 Å². The van der Waals surface area contributed by atoms with Crippen LogP contribution in [0.2, 0.25) is 15.1 Å². The predicted octanol–water partition coefficient (Wildman–Crippen LogP) is 7.44. The number of aromatic nitrogens is 8. The molecule has 0 amide bonds. The minimum absolute atomic E-state index is 0.120. The third-order valence-corrected chi connectivity index (χ3v) is 8.57. The smallest absolute Gasteiger partial charge is 0.267 e. The number of halogens is 4. The van der Waals surface area contributed by atoms with Crippen molar-refractivity contribution in [2.24, 2.45) is 0 Å². The molecular formula is C35H25Cl3FN9O. The lowest BCUT2D eigenvalue weighted by Gasteiger charge is -2.27. The number of aryl methyl sites for hydroxylation is 1. The Morgan fingerprint density at radius 3 is 2.24 bits per heavy atom. The summed E-state index contributed by atoms with van der Waals surface area (Å²) >= 11 is 18.1. The van der Waals surface area contributed by atoms with Gasteiger partial charge in [0.05, 0.1) is 34.2 Å². The standard InChI is InChI=1S/C19H17ClN4.C16H8Cl2FN5O/c20-18-8-6-16(7-9-18)10-11-19(12-21,13-24-15-22-14-23-24)17-4-2-1-3-5-17;17-9-1-4-14(12(18)5-9)24-15(25)11-6-10(19)2-3-13(11)22-16(24)23-8-20-7-21-23/h1-9,14-15H,10-11,13H2;1-8H. The van der Waals surface area contributed by atoms with Crippen LogP contribution in [-0.2, 0) is 18.4 Å². The molecule has 49 heavy (non-hydrogen) atoms. The van der Waals surface area contributed by atoms with Crippen molar-refractivity contribution in [3.63, 3.8) is 0 Å². The van der Waals surface area contributed by atoms with Crippen molar-refractivity contribution in [3.05, 3.63) is 159 Å². The maximum atomic E-state index is 13.6. The first-order chi connectivity index (χ1) is 23.8. The van der Waals surface area contributed by atoms with Crippen LogP contribution in [0.25, 0.3) is 22.5 Å². The number of rotatable bonds is 8. The average Bonchev–Trinajstić information content (AvgIpc) is 3.84. The van der Waals surface area contributed by atoms with Crippen molar-refractivity contribution in [2.45, 2.75) is 24.8 Å². The number of benzene rings is 4. The van der Waals surface area contributed by atoms with Crippen LogP contribution in [0.5, 0.6) is 0 Å². The van der Waals surface area contributed by atoms with E-state index >= 15 is 0 Å². The Kier molecular flexibility index (Phi) is 10.1. The highest BCUT2D eigenvalue weighted by Gasteiger charge is 2.33. The lowest BCUT2D eigenvalue weighted by molar-refractivity contribution is 0.402. The van der Waals surface area contributed by atoms with Crippen LogP contribution in [0, 0.1) is 17.1 Å². The van der Waals surface area contributed by atoms with Crippen molar-refractivity contribution >= 4 is 45.7 Å².